The highest BCUT2D eigenvalue weighted by Gasteiger charge is 2.45. The summed E-state index contributed by atoms with van der Waals surface area (Å²) in [7, 11) is 3.03. The van der Waals surface area contributed by atoms with E-state index in [2.05, 4.69) is 0 Å². The predicted octanol–water partition coefficient (Wildman–Crippen LogP) is 2.01. The fraction of sp³-hybridized carbons (Fsp3) is 0.455. The lowest BCUT2D eigenvalue weighted by Crippen LogP contribution is -2.20. The first-order chi connectivity index (χ1) is 7.53. The summed E-state index contributed by atoms with van der Waals surface area (Å²) in [6.45, 7) is 0. The molecule has 3 N–H and O–H groups in total. The molecule has 0 unspecified atom stereocenters. The van der Waals surface area contributed by atoms with E-state index in [4.69, 9.17) is 26.8 Å². The lowest BCUT2D eigenvalue weighted by Gasteiger charge is -2.19. The minimum absolute atomic E-state index is 0.0145. The Hall–Kier alpha value is -1.13. The van der Waals surface area contributed by atoms with Gasteiger partial charge in [-0.1, -0.05) is 11.6 Å². The molecule has 0 saturated heterocycles. The van der Waals surface area contributed by atoms with Gasteiger partial charge in [-0.2, -0.15) is 0 Å². The van der Waals surface area contributed by atoms with Gasteiger partial charge in [0.25, 0.3) is 0 Å². The molecule has 1 aromatic carbocycles. The fourth-order valence-electron chi connectivity index (χ4n) is 1.80. The van der Waals surface area contributed by atoms with Gasteiger partial charge in [0.15, 0.2) is 11.5 Å². The van der Waals surface area contributed by atoms with Crippen LogP contribution in [0.1, 0.15) is 18.4 Å². The maximum absolute atomic E-state index is 9.96. The number of hydrogen-bond donors (Lipinski definition) is 2. The van der Waals surface area contributed by atoms with Gasteiger partial charge in [-0.15, -0.1) is 0 Å². The quantitative estimate of drug-likeness (QED) is 0.853. The van der Waals surface area contributed by atoms with Crippen molar-refractivity contribution in [2.24, 2.45) is 5.73 Å². The van der Waals surface area contributed by atoms with E-state index < -0.39 is 5.54 Å². The van der Waals surface area contributed by atoms with Crippen molar-refractivity contribution in [2.75, 3.05) is 14.2 Å². The Morgan fingerprint density at radius 1 is 1.38 bits per heavy atom. The molecule has 2 rings (SSSR count). The maximum atomic E-state index is 9.96. The molecule has 1 aliphatic rings. The first-order valence-corrected chi connectivity index (χ1v) is 5.34. The Balaban J connectivity index is 2.67. The van der Waals surface area contributed by atoms with E-state index in [1.54, 1.807) is 0 Å². The fourth-order valence-corrected chi connectivity index (χ4v) is 1.99. The molecule has 0 aromatic heterocycles. The molecule has 0 aliphatic heterocycles. The first kappa shape index (κ1) is 11.4. The van der Waals surface area contributed by atoms with Crippen molar-refractivity contribution in [1.29, 1.82) is 0 Å². The number of phenols is 1. The Kier molecular flexibility index (Phi) is 2.64. The van der Waals surface area contributed by atoms with Gasteiger partial charge >= 0.3 is 0 Å². The number of benzene rings is 1. The molecule has 0 radical (unpaired) electrons. The van der Waals surface area contributed by atoms with Crippen molar-refractivity contribution in [3.63, 3.8) is 0 Å². The molecule has 0 atom stereocenters. The molecule has 0 spiro atoms. The summed E-state index contributed by atoms with van der Waals surface area (Å²) in [5.74, 6) is 0.931. The molecule has 1 aliphatic carbocycles. The Labute approximate surface area is 98.9 Å². The number of hydrogen-bond acceptors (Lipinski definition) is 4. The average Bonchev–Trinajstić information content (AvgIpc) is 3.00. The Morgan fingerprint density at radius 3 is 2.44 bits per heavy atom. The van der Waals surface area contributed by atoms with Gasteiger partial charge in [0.05, 0.1) is 24.8 Å². The van der Waals surface area contributed by atoms with Crippen LogP contribution < -0.4 is 15.2 Å². The van der Waals surface area contributed by atoms with E-state index in [9.17, 15) is 5.11 Å². The normalized spacial score (nSPS) is 17.0. The van der Waals surface area contributed by atoms with Gasteiger partial charge in [0.1, 0.15) is 5.75 Å². The van der Waals surface area contributed by atoms with Crippen LogP contribution in [0.4, 0.5) is 0 Å². The molecule has 88 valence electrons. The molecule has 0 bridgehead atoms. The van der Waals surface area contributed by atoms with Crippen molar-refractivity contribution in [3.05, 3.63) is 16.7 Å². The van der Waals surface area contributed by atoms with Crippen LogP contribution in [0.5, 0.6) is 17.2 Å². The van der Waals surface area contributed by atoms with Gasteiger partial charge in [-0.25, -0.2) is 0 Å². The molecule has 5 heteroatoms. The zero-order chi connectivity index (χ0) is 11.9. The van der Waals surface area contributed by atoms with Crippen molar-refractivity contribution >= 4 is 11.6 Å². The number of phenolic OH excluding ortho intramolecular Hbond substituents is 1. The number of methoxy groups -OCH3 is 2. The van der Waals surface area contributed by atoms with Crippen molar-refractivity contribution in [3.8, 4) is 17.2 Å². The van der Waals surface area contributed by atoms with Gasteiger partial charge < -0.3 is 20.3 Å². The molecule has 0 amide bonds. The largest absolute Gasteiger partial charge is 0.506 e. The molecule has 4 nitrogen and oxygen atoms in total. The summed E-state index contributed by atoms with van der Waals surface area (Å²) < 4.78 is 10.4. The zero-order valence-electron chi connectivity index (χ0n) is 9.21. The van der Waals surface area contributed by atoms with E-state index in [0.29, 0.717) is 17.1 Å². The van der Waals surface area contributed by atoms with Crippen LogP contribution in [-0.2, 0) is 5.54 Å². The maximum Gasteiger partial charge on any atom is 0.169 e. The number of halogens is 1. The first-order valence-electron chi connectivity index (χ1n) is 4.96. The van der Waals surface area contributed by atoms with Gasteiger partial charge in [-0.05, 0) is 12.8 Å². The zero-order valence-corrected chi connectivity index (χ0v) is 9.97. The van der Waals surface area contributed by atoms with Crippen molar-refractivity contribution in [1.82, 2.24) is 0 Å². The van der Waals surface area contributed by atoms with E-state index in [-0.39, 0.29) is 10.8 Å². The highest BCUT2D eigenvalue weighted by atomic mass is 35.5. The third-order valence-corrected chi connectivity index (χ3v) is 3.17. The van der Waals surface area contributed by atoms with E-state index in [1.807, 2.05) is 0 Å². The second kappa shape index (κ2) is 3.71. The number of ether oxygens (including phenoxy) is 2. The van der Waals surface area contributed by atoms with Gasteiger partial charge in [0, 0.05) is 11.6 Å². The number of rotatable bonds is 3. The van der Waals surface area contributed by atoms with Crippen LogP contribution in [-0.4, -0.2) is 19.3 Å². The minimum atomic E-state index is -0.534. The molecule has 1 saturated carbocycles. The molecular weight excluding hydrogens is 230 g/mol. The minimum Gasteiger partial charge on any atom is -0.506 e. The second-order valence-electron chi connectivity index (χ2n) is 3.97. The van der Waals surface area contributed by atoms with Crippen LogP contribution in [0.3, 0.4) is 0 Å². The van der Waals surface area contributed by atoms with Gasteiger partial charge in [0.2, 0.25) is 0 Å². The summed E-state index contributed by atoms with van der Waals surface area (Å²) in [5.41, 5.74) is 6.09. The van der Waals surface area contributed by atoms with Crippen molar-refractivity contribution < 1.29 is 14.6 Å². The standard InChI is InChI=1S/C11H14ClNO3/c1-15-7-5-6(12)9(14)8(10(7)16-2)11(13)3-4-11/h5,14H,3-4,13H2,1-2H3. The summed E-state index contributed by atoms with van der Waals surface area (Å²) in [5, 5.41) is 10.2. The second-order valence-corrected chi connectivity index (χ2v) is 4.38. The van der Waals surface area contributed by atoms with Crippen LogP contribution in [0.15, 0.2) is 6.07 Å². The van der Waals surface area contributed by atoms with E-state index >= 15 is 0 Å². The number of nitrogens with two attached hydrogens (primary N) is 1. The van der Waals surface area contributed by atoms with Gasteiger partial charge in [-0.3, -0.25) is 0 Å². The summed E-state index contributed by atoms with van der Waals surface area (Å²) in [4.78, 5) is 0. The molecule has 1 fully saturated rings. The molecular formula is C11H14ClNO3. The topological polar surface area (TPSA) is 64.7 Å². The number of aromatic hydroxyl groups is 1. The SMILES string of the molecule is COc1cc(Cl)c(O)c(C2(N)CC2)c1OC. The third-order valence-electron chi connectivity index (χ3n) is 2.88. The third kappa shape index (κ3) is 1.58. The molecule has 0 heterocycles. The molecule has 1 aromatic rings. The summed E-state index contributed by atoms with van der Waals surface area (Å²) in [6, 6.07) is 1.52. The van der Waals surface area contributed by atoms with Crippen LogP contribution in [0.2, 0.25) is 5.02 Å². The highest BCUT2D eigenvalue weighted by Crippen LogP contribution is 2.54. The monoisotopic (exact) mass is 243 g/mol. The highest BCUT2D eigenvalue weighted by molar-refractivity contribution is 6.32. The Bertz CT molecular complexity index is 430. The van der Waals surface area contributed by atoms with E-state index in [0.717, 1.165) is 12.8 Å². The van der Waals surface area contributed by atoms with Crippen LogP contribution >= 0.6 is 11.6 Å². The lowest BCUT2D eigenvalue weighted by atomic mass is 10.0. The summed E-state index contributed by atoms with van der Waals surface area (Å²) >= 11 is 5.92. The molecule has 16 heavy (non-hydrogen) atoms. The van der Waals surface area contributed by atoms with Crippen molar-refractivity contribution in [2.45, 2.75) is 18.4 Å². The summed E-state index contributed by atoms with van der Waals surface area (Å²) in [6.07, 6.45) is 1.61. The predicted molar refractivity (Wildman–Crippen MR) is 61.3 cm³/mol. The van der Waals surface area contributed by atoms with Crippen LogP contribution in [0, 0.1) is 0 Å². The smallest absolute Gasteiger partial charge is 0.169 e. The van der Waals surface area contributed by atoms with E-state index in [1.165, 1.54) is 20.3 Å². The lowest BCUT2D eigenvalue weighted by molar-refractivity contribution is 0.342. The Morgan fingerprint density at radius 2 is 2.00 bits per heavy atom. The van der Waals surface area contributed by atoms with Crippen LogP contribution in [0.25, 0.3) is 0 Å². The average molecular weight is 244 g/mol.